The van der Waals surface area contributed by atoms with Gasteiger partial charge < -0.3 is 14.9 Å². The summed E-state index contributed by atoms with van der Waals surface area (Å²) >= 11 is 0. The summed E-state index contributed by atoms with van der Waals surface area (Å²) in [6.45, 7) is 6.72. The summed E-state index contributed by atoms with van der Waals surface area (Å²) in [5.41, 5.74) is 1.77. The van der Waals surface area contributed by atoms with Gasteiger partial charge in [-0.3, -0.25) is 9.78 Å². The van der Waals surface area contributed by atoms with E-state index in [9.17, 15) is 9.90 Å². The molecule has 0 aliphatic carbocycles. The van der Waals surface area contributed by atoms with Gasteiger partial charge in [0.2, 0.25) is 5.91 Å². The number of hydrogen-bond acceptors (Lipinski definition) is 4. The number of pyridine rings is 1. The molecule has 104 valence electrons. The van der Waals surface area contributed by atoms with Crippen LogP contribution in [-0.4, -0.2) is 47.1 Å². The smallest absolute Gasteiger partial charge is 0.219 e. The molecule has 19 heavy (non-hydrogen) atoms. The Kier molecular flexibility index (Phi) is 4.37. The molecule has 5 nitrogen and oxygen atoms in total. The zero-order valence-electron chi connectivity index (χ0n) is 11.5. The molecule has 0 bridgehead atoms. The van der Waals surface area contributed by atoms with E-state index in [0.29, 0.717) is 12.1 Å². The van der Waals surface area contributed by atoms with Gasteiger partial charge in [0.05, 0.1) is 23.7 Å². The van der Waals surface area contributed by atoms with Gasteiger partial charge in [0, 0.05) is 33.1 Å². The first-order valence-corrected chi connectivity index (χ1v) is 6.76. The zero-order chi connectivity index (χ0) is 13.8. The lowest BCUT2D eigenvalue weighted by molar-refractivity contribution is -0.129. The van der Waals surface area contributed by atoms with Crippen molar-refractivity contribution in [3.05, 3.63) is 24.0 Å². The van der Waals surface area contributed by atoms with E-state index in [2.05, 4.69) is 9.88 Å². The number of piperazine rings is 1. The Labute approximate surface area is 113 Å². The molecule has 5 heteroatoms. The van der Waals surface area contributed by atoms with Crippen molar-refractivity contribution < 1.29 is 9.90 Å². The molecule has 1 aliphatic rings. The van der Waals surface area contributed by atoms with E-state index in [0.717, 1.165) is 31.9 Å². The van der Waals surface area contributed by atoms with E-state index in [1.54, 1.807) is 13.1 Å². The van der Waals surface area contributed by atoms with Gasteiger partial charge in [-0.1, -0.05) is 6.92 Å². The Morgan fingerprint density at radius 1 is 1.37 bits per heavy atom. The second-order valence-electron chi connectivity index (χ2n) is 4.86. The van der Waals surface area contributed by atoms with Gasteiger partial charge in [-0.2, -0.15) is 0 Å². The van der Waals surface area contributed by atoms with Crippen LogP contribution >= 0.6 is 0 Å². The number of aliphatic hydroxyl groups is 1. The average Bonchev–Trinajstić information content (AvgIpc) is 2.46. The molecule has 1 fully saturated rings. The topological polar surface area (TPSA) is 56.7 Å². The molecule has 1 atom stereocenters. The lowest BCUT2D eigenvalue weighted by atomic mass is 10.2. The molecule has 1 amide bonds. The van der Waals surface area contributed by atoms with E-state index in [1.807, 2.05) is 24.0 Å². The predicted molar refractivity (Wildman–Crippen MR) is 74.0 cm³/mol. The number of nitrogens with zero attached hydrogens (tertiary/aromatic N) is 3. The Morgan fingerprint density at radius 2 is 2.05 bits per heavy atom. The fourth-order valence-corrected chi connectivity index (χ4v) is 2.27. The fraction of sp³-hybridized carbons (Fsp3) is 0.571. The molecule has 1 saturated heterocycles. The maximum atomic E-state index is 11.3. The second kappa shape index (κ2) is 6.02. The van der Waals surface area contributed by atoms with Crippen molar-refractivity contribution in [3.63, 3.8) is 0 Å². The van der Waals surface area contributed by atoms with Crippen LogP contribution in [0.25, 0.3) is 0 Å². The third-order valence-corrected chi connectivity index (χ3v) is 3.59. The molecule has 0 unspecified atom stereocenters. The van der Waals surface area contributed by atoms with Gasteiger partial charge in [-0.05, 0) is 18.6 Å². The normalized spacial score (nSPS) is 17.4. The highest BCUT2D eigenvalue weighted by molar-refractivity contribution is 5.73. The maximum absolute atomic E-state index is 11.3. The number of carbonyl (C=O) groups is 1. The largest absolute Gasteiger partial charge is 0.387 e. The fourth-order valence-electron chi connectivity index (χ4n) is 2.27. The first kappa shape index (κ1) is 13.8. The van der Waals surface area contributed by atoms with Crippen LogP contribution in [0.2, 0.25) is 0 Å². The predicted octanol–water partition coefficient (Wildman–Crippen LogP) is 1.19. The Hall–Kier alpha value is -1.62. The molecule has 1 aliphatic heterocycles. The molecular weight excluding hydrogens is 242 g/mol. The van der Waals surface area contributed by atoms with Crippen molar-refractivity contribution in [2.45, 2.75) is 26.4 Å². The van der Waals surface area contributed by atoms with Gasteiger partial charge in [0.1, 0.15) is 0 Å². The summed E-state index contributed by atoms with van der Waals surface area (Å²) in [6.07, 6.45) is 1.99. The number of hydrogen-bond donors (Lipinski definition) is 1. The van der Waals surface area contributed by atoms with Crippen LogP contribution in [0.3, 0.4) is 0 Å². The number of carbonyl (C=O) groups excluding carboxylic acids is 1. The zero-order valence-corrected chi connectivity index (χ0v) is 11.5. The minimum absolute atomic E-state index is 0.138. The molecule has 0 spiro atoms. The summed E-state index contributed by atoms with van der Waals surface area (Å²) in [4.78, 5) is 19.6. The van der Waals surface area contributed by atoms with Crippen molar-refractivity contribution in [2.75, 3.05) is 31.1 Å². The molecule has 2 rings (SSSR count). The van der Waals surface area contributed by atoms with E-state index in [1.165, 1.54) is 0 Å². The number of aliphatic hydroxyl groups excluding tert-OH is 1. The summed E-state index contributed by atoms with van der Waals surface area (Å²) < 4.78 is 0. The second-order valence-corrected chi connectivity index (χ2v) is 4.86. The summed E-state index contributed by atoms with van der Waals surface area (Å²) in [6, 6.07) is 3.87. The molecular formula is C14H21N3O2. The Balaban J connectivity index is 1.98. The maximum Gasteiger partial charge on any atom is 0.219 e. The highest BCUT2D eigenvalue weighted by Crippen LogP contribution is 2.19. The number of aromatic nitrogens is 1. The molecule has 1 aromatic heterocycles. The minimum atomic E-state index is -0.483. The lowest BCUT2D eigenvalue weighted by Gasteiger charge is -2.35. The van der Waals surface area contributed by atoms with E-state index >= 15 is 0 Å². The van der Waals surface area contributed by atoms with Crippen molar-refractivity contribution >= 4 is 11.6 Å². The first-order valence-electron chi connectivity index (χ1n) is 6.76. The van der Waals surface area contributed by atoms with Crippen LogP contribution in [-0.2, 0) is 4.79 Å². The molecule has 0 saturated carbocycles. The van der Waals surface area contributed by atoms with Gasteiger partial charge in [-0.25, -0.2) is 0 Å². The quantitative estimate of drug-likeness (QED) is 0.890. The molecule has 2 heterocycles. The third-order valence-electron chi connectivity index (χ3n) is 3.59. The molecule has 1 aromatic rings. The van der Waals surface area contributed by atoms with Crippen LogP contribution in [0.15, 0.2) is 18.3 Å². The van der Waals surface area contributed by atoms with E-state index in [4.69, 9.17) is 0 Å². The number of rotatable bonds is 3. The highest BCUT2D eigenvalue weighted by atomic mass is 16.3. The average molecular weight is 263 g/mol. The van der Waals surface area contributed by atoms with Crippen molar-refractivity contribution in [2.24, 2.45) is 0 Å². The molecule has 0 aromatic carbocycles. The van der Waals surface area contributed by atoms with Crippen LogP contribution in [0.4, 0.5) is 5.69 Å². The first-order chi connectivity index (χ1) is 9.11. The standard InChI is InChI=1S/C14H21N3O2/c1-3-14(19)13-5-4-12(10-15-13)17-8-6-16(7-9-17)11(2)18/h4-5,10,14,19H,3,6-9H2,1-2H3/t14-/m1/s1. The van der Waals surface area contributed by atoms with Gasteiger partial charge in [-0.15, -0.1) is 0 Å². The third kappa shape index (κ3) is 3.23. The number of anilines is 1. The minimum Gasteiger partial charge on any atom is -0.387 e. The number of amides is 1. The van der Waals surface area contributed by atoms with Gasteiger partial charge in [0.15, 0.2) is 0 Å². The summed E-state index contributed by atoms with van der Waals surface area (Å²) in [7, 11) is 0. The summed E-state index contributed by atoms with van der Waals surface area (Å²) in [5, 5.41) is 9.71. The lowest BCUT2D eigenvalue weighted by Crippen LogP contribution is -2.48. The SMILES string of the molecule is CC[C@@H](O)c1ccc(N2CCN(C(C)=O)CC2)cn1. The van der Waals surface area contributed by atoms with E-state index < -0.39 is 6.10 Å². The van der Waals surface area contributed by atoms with Crippen molar-refractivity contribution in [3.8, 4) is 0 Å². The Bertz CT molecular complexity index is 425. The molecule has 1 N–H and O–H groups in total. The van der Waals surface area contributed by atoms with Crippen molar-refractivity contribution in [1.82, 2.24) is 9.88 Å². The van der Waals surface area contributed by atoms with Crippen LogP contribution in [0, 0.1) is 0 Å². The van der Waals surface area contributed by atoms with Gasteiger partial charge in [0.25, 0.3) is 0 Å². The van der Waals surface area contributed by atoms with E-state index in [-0.39, 0.29) is 5.91 Å². The molecule has 0 radical (unpaired) electrons. The Morgan fingerprint density at radius 3 is 2.53 bits per heavy atom. The van der Waals surface area contributed by atoms with Crippen molar-refractivity contribution in [1.29, 1.82) is 0 Å². The van der Waals surface area contributed by atoms with Gasteiger partial charge >= 0.3 is 0 Å². The van der Waals surface area contributed by atoms with Crippen LogP contribution in [0.1, 0.15) is 32.1 Å². The highest BCUT2D eigenvalue weighted by Gasteiger charge is 2.19. The summed E-state index contributed by atoms with van der Waals surface area (Å²) in [5.74, 6) is 0.138. The van der Waals surface area contributed by atoms with Crippen LogP contribution < -0.4 is 4.90 Å². The monoisotopic (exact) mass is 263 g/mol. The van der Waals surface area contributed by atoms with Crippen LogP contribution in [0.5, 0.6) is 0 Å².